The second-order valence-corrected chi connectivity index (χ2v) is 5.32. The Bertz CT molecular complexity index is 610. The number of rotatable bonds is 3. The summed E-state index contributed by atoms with van der Waals surface area (Å²) in [6, 6.07) is 5.28. The number of halogens is 3. The van der Waals surface area contributed by atoms with Crippen molar-refractivity contribution in [2.45, 2.75) is 6.10 Å². The molecule has 0 amide bonds. The summed E-state index contributed by atoms with van der Waals surface area (Å²) in [7, 11) is 1.52. The van der Waals surface area contributed by atoms with E-state index in [1.165, 1.54) is 13.3 Å². The van der Waals surface area contributed by atoms with Crippen LogP contribution >= 0.6 is 39.1 Å². The van der Waals surface area contributed by atoms with Gasteiger partial charge in [0.05, 0.1) is 13.3 Å². The molecule has 1 N–H and O–H groups in total. The Balaban J connectivity index is 2.49. The van der Waals surface area contributed by atoms with Gasteiger partial charge in [-0.2, -0.15) is 0 Å². The van der Waals surface area contributed by atoms with Crippen LogP contribution in [0.15, 0.2) is 28.9 Å². The van der Waals surface area contributed by atoms with Crippen LogP contribution in [0.25, 0.3) is 0 Å². The lowest BCUT2D eigenvalue weighted by atomic mass is 10.1. The Labute approximate surface area is 128 Å². The van der Waals surface area contributed by atoms with Crippen molar-refractivity contribution in [2.24, 2.45) is 0 Å². The lowest BCUT2D eigenvalue weighted by molar-refractivity contribution is 0.209. The minimum atomic E-state index is -1.05. The summed E-state index contributed by atoms with van der Waals surface area (Å²) < 4.78 is 6.01. The van der Waals surface area contributed by atoms with Gasteiger partial charge in [-0.05, 0) is 18.2 Å². The topological polar surface area (TPSA) is 55.2 Å². The molecule has 0 aliphatic heterocycles. The van der Waals surface area contributed by atoms with Gasteiger partial charge in [-0.15, -0.1) is 0 Å². The Hall–Kier alpha value is -0.880. The van der Waals surface area contributed by atoms with Crippen molar-refractivity contribution >= 4 is 39.1 Å². The molecule has 1 heterocycles. The molecule has 0 aliphatic rings. The molecule has 1 atom stereocenters. The molecule has 100 valence electrons. The first kappa shape index (κ1) is 14.5. The number of methoxy groups -OCH3 is 1. The molecule has 0 aliphatic carbocycles. The van der Waals surface area contributed by atoms with Crippen molar-refractivity contribution in [3.8, 4) is 5.75 Å². The first-order chi connectivity index (χ1) is 9.02. The lowest BCUT2D eigenvalue weighted by Gasteiger charge is -2.15. The van der Waals surface area contributed by atoms with Gasteiger partial charge in [-0.1, -0.05) is 39.1 Å². The summed E-state index contributed by atoms with van der Waals surface area (Å²) in [5, 5.41) is 10.6. The zero-order chi connectivity index (χ0) is 14.0. The van der Waals surface area contributed by atoms with Crippen molar-refractivity contribution < 1.29 is 9.84 Å². The first-order valence-corrected chi connectivity index (χ1v) is 6.77. The van der Waals surface area contributed by atoms with Gasteiger partial charge < -0.3 is 9.84 Å². The van der Waals surface area contributed by atoms with E-state index in [9.17, 15) is 5.11 Å². The van der Waals surface area contributed by atoms with Gasteiger partial charge in [0.15, 0.2) is 5.15 Å². The molecular formula is C12H9BrCl2N2O2. The number of aliphatic hydroxyl groups is 1. The van der Waals surface area contributed by atoms with Crippen molar-refractivity contribution in [1.82, 2.24) is 9.97 Å². The van der Waals surface area contributed by atoms with Gasteiger partial charge in [0.2, 0.25) is 0 Å². The van der Waals surface area contributed by atoms with Crippen LogP contribution in [-0.2, 0) is 0 Å². The van der Waals surface area contributed by atoms with E-state index in [0.29, 0.717) is 11.3 Å². The largest absolute Gasteiger partial charge is 0.496 e. The molecule has 4 nitrogen and oxygen atoms in total. The highest BCUT2D eigenvalue weighted by molar-refractivity contribution is 9.10. The van der Waals surface area contributed by atoms with E-state index in [0.717, 1.165) is 4.47 Å². The fraction of sp³-hybridized carbons (Fsp3) is 0.167. The number of aliphatic hydroxyl groups excluding tert-OH is 1. The van der Waals surface area contributed by atoms with Crippen molar-refractivity contribution in [1.29, 1.82) is 0 Å². The molecule has 0 bridgehead atoms. The molecule has 1 aromatic heterocycles. The molecule has 0 fully saturated rings. The summed E-state index contributed by atoms with van der Waals surface area (Å²) in [5.74, 6) is 0.531. The predicted molar refractivity (Wildman–Crippen MR) is 76.8 cm³/mol. The molecule has 0 spiro atoms. The van der Waals surface area contributed by atoms with E-state index in [1.54, 1.807) is 12.1 Å². The molecule has 19 heavy (non-hydrogen) atoms. The van der Waals surface area contributed by atoms with Gasteiger partial charge in [-0.25, -0.2) is 4.98 Å². The molecule has 1 unspecified atom stereocenters. The molecule has 0 radical (unpaired) electrons. The highest BCUT2D eigenvalue weighted by Crippen LogP contribution is 2.33. The number of hydrogen-bond donors (Lipinski definition) is 1. The van der Waals surface area contributed by atoms with E-state index < -0.39 is 6.10 Å². The van der Waals surface area contributed by atoms with Crippen LogP contribution in [0.1, 0.15) is 17.4 Å². The van der Waals surface area contributed by atoms with Crippen LogP contribution in [0.3, 0.4) is 0 Å². The second-order valence-electron chi connectivity index (χ2n) is 3.66. The highest BCUT2D eigenvalue weighted by atomic mass is 79.9. The average molecular weight is 364 g/mol. The van der Waals surface area contributed by atoms with Crippen LogP contribution in [0.4, 0.5) is 0 Å². The average Bonchev–Trinajstić information content (AvgIpc) is 2.38. The minimum Gasteiger partial charge on any atom is -0.496 e. The highest BCUT2D eigenvalue weighted by Gasteiger charge is 2.21. The molecule has 7 heteroatoms. The fourth-order valence-corrected chi connectivity index (χ4v) is 2.40. The SMILES string of the molecule is COc1ccc(Br)cc1C(O)c1ncc(Cl)nc1Cl. The standard InChI is InChI=1S/C12H9BrCl2N2O2/c1-19-8-3-2-6(13)4-7(8)11(18)10-12(15)17-9(14)5-16-10/h2-5,11,18H,1H3. The van der Waals surface area contributed by atoms with Crippen molar-refractivity contribution in [2.75, 3.05) is 7.11 Å². The molecule has 2 rings (SSSR count). The molecule has 1 aromatic carbocycles. The van der Waals surface area contributed by atoms with E-state index in [-0.39, 0.29) is 16.0 Å². The first-order valence-electron chi connectivity index (χ1n) is 5.22. The maximum absolute atomic E-state index is 10.4. The molecular weight excluding hydrogens is 355 g/mol. The quantitative estimate of drug-likeness (QED) is 0.904. The lowest BCUT2D eigenvalue weighted by Crippen LogP contribution is -2.06. The third-order valence-electron chi connectivity index (χ3n) is 2.47. The zero-order valence-corrected chi connectivity index (χ0v) is 12.9. The smallest absolute Gasteiger partial charge is 0.155 e. The summed E-state index contributed by atoms with van der Waals surface area (Å²) in [6.07, 6.45) is 0.279. The van der Waals surface area contributed by atoms with Crippen LogP contribution in [-0.4, -0.2) is 22.2 Å². The van der Waals surface area contributed by atoms with E-state index >= 15 is 0 Å². The summed E-state index contributed by atoms with van der Waals surface area (Å²) in [4.78, 5) is 7.87. The number of aromatic nitrogens is 2. The number of nitrogens with zero attached hydrogens (tertiary/aromatic N) is 2. The fourth-order valence-electron chi connectivity index (χ4n) is 1.61. The normalized spacial score (nSPS) is 12.3. The predicted octanol–water partition coefficient (Wildman–Crippen LogP) is 3.64. The number of ether oxygens (including phenoxy) is 1. The molecule has 0 saturated heterocycles. The minimum absolute atomic E-state index is 0.0574. The van der Waals surface area contributed by atoms with E-state index in [2.05, 4.69) is 25.9 Å². The van der Waals surface area contributed by atoms with Crippen LogP contribution in [0.5, 0.6) is 5.75 Å². The maximum Gasteiger partial charge on any atom is 0.155 e. The Morgan fingerprint density at radius 3 is 2.74 bits per heavy atom. The van der Waals surface area contributed by atoms with Crippen molar-refractivity contribution in [3.63, 3.8) is 0 Å². The van der Waals surface area contributed by atoms with Gasteiger partial charge in [0.1, 0.15) is 22.7 Å². The van der Waals surface area contributed by atoms with Gasteiger partial charge in [-0.3, -0.25) is 4.98 Å². The van der Waals surface area contributed by atoms with E-state index in [1.807, 2.05) is 6.07 Å². The summed E-state index contributed by atoms with van der Waals surface area (Å²) in [5.41, 5.74) is 0.762. The van der Waals surface area contributed by atoms with Crippen LogP contribution in [0.2, 0.25) is 10.3 Å². The van der Waals surface area contributed by atoms with Gasteiger partial charge >= 0.3 is 0 Å². The number of hydrogen-bond acceptors (Lipinski definition) is 4. The number of benzene rings is 1. The third-order valence-corrected chi connectivity index (χ3v) is 3.43. The van der Waals surface area contributed by atoms with Crippen molar-refractivity contribution in [3.05, 3.63) is 50.4 Å². The monoisotopic (exact) mass is 362 g/mol. The third kappa shape index (κ3) is 3.17. The second kappa shape index (κ2) is 6.05. The van der Waals surface area contributed by atoms with Gasteiger partial charge in [0, 0.05) is 10.0 Å². The van der Waals surface area contributed by atoms with Crippen LogP contribution in [0, 0.1) is 0 Å². The Morgan fingerprint density at radius 2 is 2.11 bits per heavy atom. The summed E-state index contributed by atoms with van der Waals surface area (Å²) >= 11 is 15.0. The van der Waals surface area contributed by atoms with Gasteiger partial charge in [0.25, 0.3) is 0 Å². The summed E-state index contributed by atoms with van der Waals surface area (Å²) in [6.45, 7) is 0. The maximum atomic E-state index is 10.4. The molecule has 0 saturated carbocycles. The van der Waals surface area contributed by atoms with E-state index in [4.69, 9.17) is 27.9 Å². The Kier molecular flexibility index (Phi) is 4.62. The molecule has 2 aromatic rings. The Morgan fingerprint density at radius 1 is 1.37 bits per heavy atom. The zero-order valence-electron chi connectivity index (χ0n) is 9.77. The van der Waals surface area contributed by atoms with Crippen LogP contribution < -0.4 is 4.74 Å².